The topological polar surface area (TPSA) is 49.8 Å². The van der Waals surface area contributed by atoms with Gasteiger partial charge in [-0.25, -0.2) is 0 Å². The van der Waals surface area contributed by atoms with E-state index in [0.29, 0.717) is 13.0 Å². The van der Waals surface area contributed by atoms with E-state index in [1.54, 1.807) is 18.1 Å². The van der Waals surface area contributed by atoms with Gasteiger partial charge in [0, 0.05) is 12.6 Å². The Labute approximate surface area is 125 Å². The van der Waals surface area contributed by atoms with Gasteiger partial charge in [0.25, 0.3) is 0 Å². The van der Waals surface area contributed by atoms with Crippen molar-refractivity contribution >= 4 is 5.91 Å². The van der Waals surface area contributed by atoms with E-state index in [-0.39, 0.29) is 11.9 Å². The number of likely N-dealkylation sites (tertiary alicyclic amines) is 1. The Bertz CT molecular complexity index is 561. The van der Waals surface area contributed by atoms with Gasteiger partial charge in [-0.3, -0.25) is 4.79 Å². The molecular formula is C17H21NO3. The lowest BCUT2D eigenvalue weighted by atomic mass is 9.92. The first-order chi connectivity index (χ1) is 10.2. The number of allylic oxidation sites excluding steroid dienone is 1. The van der Waals surface area contributed by atoms with E-state index in [9.17, 15) is 9.90 Å². The third-order valence-corrected chi connectivity index (χ3v) is 4.36. The number of methoxy groups -OCH3 is 1. The Balaban J connectivity index is 1.82. The van der Waals surface area contributed by atoms with Crippen LogP contribution < -0.4 is 4.74 Å². The lowest BCUT2D eigenvalue weighted by Gasteiger charge is -2.25. The minimum absolute atomic E-state index is 0.0223. The second kappa shape index (κ2) is 5.90. The summed E-state index contributed by atoms with van der Waals surface area (Å²) >= 11 is 0. The van der Waals surface area contributed by atoms with Gasteiger partial charge in [-0.15, -0.1) is 0 Å². The van der Waals surface area contributed by atoms with Gasteiger partial charge in [-0.05, 0) is 43.4 Å². The molecule has 0 bridgehead atoms. The average molecular weight is 287 g/mol. The quantitative estimate of drug-likeness (QED) is 0.869. The fraction of sp³-hybridized carbons (Fsp3) is 0.471. The summed E-state index contributed by atoms with van der Waals surface area (Å²) in [4.78, 5) is 14.2. The summed E-state index contributed by atoms with van der Waals surface area (Å²) in [5.74, 6) is 0.799. The van der Waals surface area contributed by atoms with Crippen LogP contribution in [-0.2, 0) is 4.79 Å². The van der Waals surface area contributed by atoms with Crippen molar-refractivity contribution in [2.75, 3.05) is 13.7 Å². The Morgan fingerprint density at radius 2 is 2.24 bits per heavy atom. The number of ether oxygens (including phenoxy) is 1. The Morgan fingerprint density at radius 3 is 2.90 bits per heavy atom. The van der Waals surface area contributed by atoms with Gasteiger partial charge in [0.2, 0.25) is 5.91 Å². The number of amides is 1. The summed E-state index contributed by atoms with van der Waals surface area (Å²) in [5, 5.41) is 9.97. The van der Waals surface area contributed by atoms with Crippen molar-refractivity contribution in [1.29, 1.82) is 0 Å². The molecule has 2 fully saturated rings. The first-order valence-electron chi connectivity index (χ1n) is 7.49. The van der Waals surface area contributed by atoms with E-state index in [1.807, 2.05) is 24.3 Å². The minimum Gasteiger partial charge on any atom is -0.497 e. The second-order valence-electron chi connectivity index (χ2n) is 5.83. The first kappa shape index (κ1) is 14.1. The molecule has 4 nitrogen and oxygen atoms in total. The van der Waals surface area contributed by atoms with Crippen LogP contribution in [0.15, 0.2) is 35.9 Å². The number of hydrogen-bond acceptors (Lipinski definition) is 3. The van der Waals surface area contributed by atoms with Crippen LogP contribution in [0.1, 0.15) is 37.3 Å². The zero-order chi connectivity index (χ0) is 14.8. The van der Waals surface area contributed by atoms with Crippen molar-refractivity contribution in [3.8, 4) is 5.75 Å². The van der Waals surface area contributed by atoms with Crippen LogP contribution in [0.25, 0.3) is 0 Å². The van der Waals surface area contributed by atoms with Crippen molar-refractivity contribution in [3.05, 3.63) is 41.5 Å². The molecule has 1 aliphatic heterocycles. The zero-order valence-electron chi connectivity index (χ0n) is 12.3. The lowest BCUT2D eigenvalue weighted by Crippen LogP contribution is -2.30. The van der Waals surface area contributed by atoms with Crippen molar-refractivity contribution in [3.63, 3.8) is 0 Å². The molecule has 1 saturated carbocycles. The molecule has 0 spiro atoms. The molecule has 1 aromatic carbocycles. The number of nitrogens with zero attached hydrogens (tertiary/aromatic N) is 1. The highest BCUT2D eigenvalue weighted by Gasteiger charge is 2.34. The van der Waals surface area contributed by atoms with E-state index in [0.717, 1.165) is 24.2 Å². The molecular weight excluding hydrogens is 266 g/mol. The van der Waals surface area contributed by atoms with Gasteiger partial charge in [0.15, 0.2) is 0 Å². The normalized spacial score (nSPS) is 24.7. The molecule has 1 aromatic rings. The molecule has 0 radical (unpaired) electrons. The Kier molecular flexibility index (Phi) is 3.97. The van der Waals surface area contributed by atoms with Crippen LogP contribution in [0.4, 0.5) is 0 Å². The van der Waals surface area contributed by atoms with Gasteiger partial charge >= 0.3 is 0 Å². The molecule has 2 aliphatic rings. The lowest BCUT2D eigenvalue weighted by molar-refractivity contribution is -0.127. The van der Waals surface area contributed by atoms with Crippen LogP contribution in [-0.4, -0.2) is 35.7 Å². The molecule has 1 amide bonds. The zero-order valence-corrected chi connectivity index (χ0v) is 12.3. The number of benzene rings is 1. The monoisotopic (exact) mass is 287 g/mol. The van der Waals surface area contributed by atoms with E-state index in [1.165, 1.54) is 12.0 Å². The molecule has 3 rings (SSSR count). The standard InChI is InChI=1S/C17H21NO3/c1-21-15-7-3-6-13(9-15)16-10-14(19)11-18(16)17(20)8-12-4-2-5-12/h3,6-9,14,16,19H,2,4-5,10-11H2,1H3/t14-,16+/m0/s1. The molecule has 0 aromatic heterocycles. The molecule has 21 heavy (non-hydrogen) atoms. The molecule has 1 aliphatic carbocycles. The SMILES string of the molecule is COc1cccc([C@H]2C[C@H](O)CN2C(=O)C=C2CCC2)c1. The number of rotatable bonds is 3. The van der Waals surface area contributed by atoms with Gasteiger partial charge in [0.05, 0.1) is 19.3 Å². The van der Waals surface area contributed by atoms with Crippen molar-refractivity contribution < 1.29 is 14.6 Å². The summed E-state index contributed by atoms with van der Waals surface area (Å²) < 4.78 is 5.25. The Hall–Kier alpha value is -1.81. The van der Waals surface area contributed by atoms with Gasteiger partial charge in [-0.2, -0.15) is 0 Å². The fourth-order valence-corrected chi connectivity index (χ4v) is 3.00. The van der Waals surface area contributed by atoms with Crippen molar-refractivity contribution in [2.24, 2.45) is 0 Å². The molecule has 4 heteroatoms. The summed E-state index contributed by atoms with van der Waals surface area (Å²) in [5.41, 5.74) is 2.25. The second-order valence-corrected chi connectivity index (χ2v) is 5.83. The van der Waals surface area contributed by atoms with Gasteiger partial charge in [-0.1, -0.05) is 17.7 Å². The average Bonchev–Trinajstić information content (AvgIpc) is 2.85. The van der Waals surface area contributed by atoms with E-state index in [2.05, 4.69) is 0 Å². The van der Waals surface area contributed by atoms with Gasteiger partial charge in [0.1, 0.15) is 5.75 Å². The van der Waals surface area contributed by atoms with Crippen LogP contribution in [0, 0.1) is 0 Å². The number of aliphatic hydroxyl groups excluding tert-OH is 1. The van der Waals surface area contributed by atoms with Gasteiger partial charge < -0.3 is 14.7 Å². The van der Waals surface area contributed by atoms with Crippen molar-refractivity contribution in [2.45, 2.75) is 37.8 Å². The minimum atomic E-state index is -0.454. The summed E-state index contributed by atoms with van der Waals surface area (Å²) in [6, 6.07) is 7.67. The molecule has 0 unspecified atom stereocenters. The van der Waals surface area contributed by atoms with Crippen LogP contribution in [0.2, 0.25) is 0 Å². The maximum atomic E-state index is 12.4. The molecule has 1 saturated heterocycles. The van der Waals surface area contributed by atoms with Crippen molar-refractivity contribution in [1.82, 2.24) is 4.90 Å². The predicted octanol–water partition coefficient (Wildman–Crippen LogP) is 2.44. The fourth-order valence-electron chi connectivity index (χ4n) is 3.00. The first-order valence-corrected chi connectivity index (χ1v) is 7.49. The molecule has 2 atom stereocenters. The molecule has 112 valence electrons. The summed E-state index contributed by atoms with van der Waals surface area (Å²) in [7, 11) is 1.63. The highest BCUT2D eigenvalue weighted by atomic mass is 16.5. The third-order valence-electron chi connectivity index (χ3n) is 4.36. The number of aliphatic hydroxyl groups is 1. The maximum absolute atomic E-state index is 12.4. The maximum Gasteiger partial charge on any atom is 0.247 e. The van der Waals surface area contributed by atoms with Crippen LogP contribution in [0.3, 0.4) is 0 Å². The third kappa shape index (κ3) is 2.95. The smallest absolute Gasteiger partial charge is 0.247 e. The molecule has 1 N–H and O–H groups in total. The molecule has 1 heterocycles. The van der Waals surface area contributed by atoms with E-state index in [4.69, 9.17) is 4.74 Å². The number of carbonyl (C=O) groups excluding carboxylic acids is 1. The number of carbonyl (C=O) groups is 1. The largest absolute Gasteiger partial charge is 0.497 e. The highest BCUT2D eigenvalue weighted by Crippen LogP contribution is 2.34. The van der Waals surface area contributed by atoms with Crippen LogP contribution >= 0.6 is 0 Å². The number of β-amino-alcohol motifs (C(OH)–C–C–N with tert-alkyl or cyclic N) is 1. The summed E-state index contributed by atoms with van der Waals surface area (Å²) in [6.07, 6.45) is 5.14. The summed E-state index contributed by atoms with van der Waals surface area (Å²) in [6.45, 7) is 0.407. The Morgan fingerprint density at radius 1 is 1.43 bits per heavy atom. The van der Waals surface area contributed by atoms with E-state index < -0.39 is 6.10 Å². The van der Waals surface area contributed by atoms with E-state index >= 15 is 0 Å². The highest BCUT2D eigenvalue weighted by molar-refractivity contribution is 5.89. The predicted molar refractivity (Wildman–Crippen MR) is 80.0 cm³/mol. The van der Waals surface area contributed by atoms with Crippen LogP contribution in [0.5, 0.6) is 5.75 Å². The number of hydrogen-bond donors (Lipinski definition) is 1.